The average molecular weight is 411 g/mol. The van der Waals surface area contributed by atoms with Crippen LogP contribution in [0.25, 0.3) is 0 Å². The molecule has 1 aliphatic rings. The SMILES string of the molecule is CC(C)(C)c1ccc(C(=O)NC2CCC(Oc3ccc(C#N)c(Cl)c3)CC2)cc1. The van der Waals surface area contributed by atoms with Gasteiger partial charge >= 0.3 is 0 Å². The molecular weight excluding hydrogens is 384 g/mol. The summed E-state index contributed by atoms with van der Waals surface area (Å²) in [5, 5.41) is 12.5. The lowest BCUT2D eigenvalue weighted by molar-refractivity contribution is 0.0894. The number of ether oxygens (including phenoxy) is 1. The number of nitrogens with one attached hydrogen (secondary N) is 1. The van der Waals surface area contributed by atoms with Gasteiger partial charge in [0.05, 0.1) is 16.7 Å². The standard InChI is InChI=1S/C24H27ClN2O2/c1-24(2,3)18-7-4-16(5-8-18)23(28)27-19-9-12-20(13-10-19)29-21-11-6-17(15-26)22(25)14-21/h4-8,11,14,19-20H,9-10,12-13H2,1-3H3,(H,27,28). The summed E-state index contributed by atoms with van der Waals surface area (Å²) in [5.74, 6) is 0.661. The molecule has 0 spiro atoms. The van der Waals surface area contributed by atoms with Crippen LogP contribution in [0.15, 0.2) is 42.5 Å². The molecular formula is C24H27ClN2O2. The van der Waals surface area contributed by atoms with E-state index in [2.05, 4.69) is 26.1 Å². The Morgan fingerprint density at radius 2 is 1.76 bits per heavy atom. The van der Waals surface area contributed by atoms with Crippen molar-refractivity contribution in [2.75, 3.05) is 0 Å². The molecule has 0 heterocycles. The molecule has 1 saturated carbocycles. The molecule has 29 heavy (non-hydrogen) atoms. The van der Waals surface area contributed by atoms with Gasteiger partial charge in [-0.25, -0.2) is 0 Å². The third kappa shape index (κ3) is 5.52. The van der Waals surface area contributed by atoms with Crippen LogP contribution in [0, 0.1) is 11.3 Å². The number of nitrogens with zero attached hydrogens (tertiary/aromatic N) is 1. The summed E-state index contributed by atoms with van der Waals surface area (Å²) >= 11 is 6.07. The Hall–Kier alpha value is -2.51. The molecule has 4 nitrogen and oxygen atoms in total. The zero-order valence-electron chi connectivity index (χ0n) is 17.2. The first-order valence-corrected chi connectivity index (χ1v) is 10.4. The van der Waals surface area contributed by atoms with E-state index in [0.717, 1.165) is 25.7 Å². The van der Waals surface area contributed by atoms with Crippen molar-refractivity contribution >= 4 is 17.5 Å². The van der Waals surface area contributed by atoms with Crippen LogP contribution in [0.3, 0.4) is 0 Å². The summed E-state index contributed by atoms with van der Waals surface area (Å²) in [6.45, 7) is 6.48. The van der Waals surface area contributed by atoms with Gasteiger partial charge in [0.15, 0.2) is 0 Å². The zero-order valence-corrected chi connectivity index (χ0v) is 17.9. The summed E-state index contributed by atoms with van der Waals surface area (Å²) in [4.78, 5) is 12.6. The van der Waals surface area contributed by atoms with Gasteiger partial charge in [0.1, 0.15) is 11.8 Å². The smallest absolute Gasteiger partial charge is 0.251 e. The number of halogens is 1. The third-order valence-corrected chi connectivity index (χ3v) is 5.70. The fourth-order valence-electron chi connectivity index (χ4n) is 3.57. The first-order valence-electron chi connectivity index (χ1n) is 10.0. The Bertz CT molecular complexity index is 902. The monoisotopic (exact) mass is 410 g/mol. The number of carbonyl (C=O) groups is 1. The van der Waals surface area contributed by atoms with E-state index in [-0.39, 0.29) is 23.5 Å². The maximum atomic E-state index is 12.6. The molecule has 0 aliphatic heterocycles. The van der Waals surface area contributed by atoms with Gasteiger partial charge in [0.2, 0.25) is 0 Å². The van der Waals surface area contributed by atoms with E-state index in [1.165, 1.54) is 5.56 Å². The first kappa shape index (κ1) is 21.2. The van der Waals surface area contributed by atoms with Gasteiger partial charge in [-0.3, -0.25) is 4.79 Å². The molecule has 0 unspecified atom stereocenters. The van der Waals surface area contributed by atoms with Crippen molar-refractivity contribution < 1.29 is 9.53 Å². The minimum absolute atomic E-state index is 0.0197. The molecule has 1 amide bonds. The van der Waals surface area contributed by atoms with Crippen molar-refractivity contribution in [3.05, 3.63) is 64.2 Å². The van der Waals surface area contributed by atoms with Crippen LogP contribution in [0.1, 0.15) is 67.9 Å². The number of hydrogen-bond donors (Lipinski definition) is 1. The van der Waals surface area contributed by atoms with Gasteiger partial charge in [-0.15, -0.1) is 0 Å². The number of benzene rings is 2. The molecule has 152 valence electrons. The minimum atomic E-state index is -0.0197. The van der Waals surface area contributed by atoms with Gasteiger partial charge < -0.3 is 10.1 Å². The molecule has 2 aromatic rings. The van der Waals surface area contributed by atoms with Crippen LogP contribution in [0.4, 0.5) is 0 Å². The average Bonchev–Trinajstić information content (AvgIpc) is 2.69. The van der Waals surface area contributed by atoms with Crippen LogP contribution in [0.5, 0.6) is 5.75 Å². The number of nitriles is 1. The molecule has 5 heteroatoms. The Morgan fingerprint density at radius 3 is 2.31 bits per heavy atom. The molecule has 0 atom stereocenters. The van der Waals surface area contributed by atoms with Crippen molar-refractivity contribution in [3.63, 3.8) is 0 Å². The number of rotatable bonds is 4. The second kappa shape index (κ2) is 8.88. The third-order valence-electron chi connectivity index (χ3n) is 5.39. The zero-order chi connectivity index (χ0) is 21.0. The predicted molar refractivity (Wildman–Crippen MR) is 115 cm³/mol. The Kier molecular flexibility index (Phi) is 6.49. The highest BCUT2D eigenvalue weighted by atomic mass is 35.5. The summed E-state index contributed by atoms with van der Waals surface area (Å²) < 4.78 is 6.01. The van der Waals surface area contributed by atoms with Gasteiger partial charge in [-0.05, 0) is 60.9 Å². The predicted octanol–water partition coefficient (Wildman–Crippen LogP) is 5.63. The van der Waals surface area contributed by atoms with E-state index < -0.39 is 0 Å². The number of carbonyl (C=O) groups excluding carboxylic acids is 1. The highest BCUT2D eigenvalue weighted by Gasteiger charge is 2.24. The van der Waals surface area contributed by atoms with E-state index in [1.54, 1.807) is 18.2 Å². The summed E-state index contributed by atoms with van der Waals surface area (Å²) in [7, 11) is 0. The fourth-order valence-corrected chi connectivity index (χ4v) is 3.78. The second-order valence-corrected chi connectivity index (χ2v) is 9.05. The van der Waals surface area contributed by atoms with Crippen molar-refractivity contribution in [2.45, 2.75) is 64.0 Å². The summed E-state index contributed by atoms with van der Waals surface area (Å²) in [5.41, 5.74) is 2.44. The van der Waals surface area contributed by atoms with Gasteiger partial charge in [0, 0.05) is 17.7 Å². The molecule has 2 aromatic carbocycles. The van der Waals surface area contributed by atoms with Crippen LogP contribution in [-0.4, -0.2) is 18.1 Å². The minimum Gasteiger partial charge on any atom is -0.490 e. The maximum absolute atomic E-state index is 12.6. The quantitative estimate of drug-likeness (QED) is 0.710. The van der Waals surface area contributed by atoms with E-state index >= 15 is 0 Å². The van der Waals surface area contributed by atoms with E-state index in [4.69, 9.17) is 21.6 Å². The van der Waals surface area contributed by atoms with Crippen molar-refractivity contribution in [3.8, 4) is 11.8 Å². The molecule has 0 saturated heterocycles. The maximum Gasteiger partial charge on any atom is 0.251 e. The molecule has 1 N–H and O–H groups in total. The van der Waals surface area contributed by atoms with Crippen molar-refractivity contribution in [1.29, 1.82) is 5.26 Å². The Morgan fingerprint density at radius 1 is 1.10 bits per heavy atom. The Labute approximate surface area is 177 Å². The fraction of sp³-hybridized carbons (Fsp3) is 0.417. The highest BCUT2D eigenvalue weighted by Crippen LogP contribution is 2.27. The van der Waals surface area contributed by atoms with Crippen molar-refractivity contribution in [1.82, 2.24) is 5.32 Å². The Balaban J connectivity index is 1.50. The first-order chi connectivity index (χ1) is 13.8. The highest BCUT2D eigenvalue weighted by molar-refractivity contribution is 6.31. The number of hydrogen-bond acceptors (Lipinski definition) is 3. The lowest BCUT2D eigenvalue weighted by Gasteiger charge is -2.29. The molecule has 3 rings (SSSR count). The van der Waals surface area contributed by atoms with Gasteiger partial charge in [0.25, 0.3) is 5.91 Å². The van der Waals surface area contributed by atoms with E-state index in [1.807, 2.05) is 30.3 Å². The largest absolute Gasteiger partial charge is 0.490 e. The lowest BCUT2D eigenvalue weighted by Crippen LogP contribution is -2.39. The van der Waals surface area contributed by atoms with Crippen LogP contribution < -0.4 is 10.1 Å². The van der Waals surface area contributed by atoms with E-state index in [0.29, 0.717) is 21.9 Å². The van der Waals surface area contributed by atoms with Gasteiger partial charge in [-0.2, -0.15) is 5.26 Å². The summed E-state index contributed by atoms with van der Waals surface area (Å²) in [6, 6.07) is 15.2. The topological polar surface area (TPSA) is 62.1 Å². The lowest BCUT2D eigenvalue weighted by atomic mass is 9.86. The molecule has 1 aliphatic carbocycles. The van der Waals surface area contributed by atoms with Crippen LogP contribution >= 0.6 is 11.6 Å². The normalized spacial score (nSPS) is 19.3. The van der Waals surface area contributed by atoms with Crippen LogP contribution in [0.2, 0.25) is 5.02 Å². The summed E-state index contributed by atoms with van der Waals surface area (Å²) in [6.07, 6.45) is 3.58. The van der Waals surface area contributed by atoms with E-state index in [9.17, 15) is 4.79 Å². The molecule has 1 fully saturated rings. The molecule has 0 bridgehead atoms. The second-order valence-electron chi connectivity index (χ2n) is 8.65. The van der Waals surface area contributed by atoms with Gasteiger partial charge in [-0.1, -0.05) is 44.5 Å². The number of amides is 1. The molecule has 0 aromatic heterocycles. The van der Waals surface area contributed by atoms with Crippen molar-refractivity contribution in [2.24, 2.45) is 0 Å². The van der Waals surface area contributed by atoms with Crippen LogP contribution in [-0.2, 0) is 5.41 Å². The molecule has 0 radical (unpaired) electrons.